The van der Waals surface area contributed by atoms with Crippen LogP contribution in [0.15, 0.2) is 24.3 Å². The molecule has 0 heterocycles. The highest BCUT2D eigenvalue weighted by Gasteiger charge is 2.73. The Labute approximate surface area is 97.7 Å². The standard InChI is InChI=1S/C8H3F11/c1-2-5(11,12)8(18,19)6(13,14)3(9)4(10)7(15,16)17/h2H,1H2. The van der Waals surface area contributed by atoms with E-state index in [9.17, 15) is 48.3 Å². The van der Waals surface area contributed by atoms with E-state index < -0.39 is 41.7 Å². The first-order valence-electron chi connectivity index (χ1n) is 4.03. The smallest absolute Gasteiger partial charge is 0.202 e. The summed E-state index contributed by atoms with van der Waals surface area (Å²) in [5, 5.41) is 0. The minimum absolute atomic E-state index is 1.03. The van der Waals surface area contributed by atoms with Crippen molar-refractivity contribution in [3.63, 3.8) is 0 Å². The zero-order valence-corrected chi connectivity index (χ0v) is 8.44. The van der Waals surface area contributed by atoms with Crippen LogP contribution in [-0.4, -0.2) is 23.9 Å². The Morgan fingerprint density at radius 3 is 1.37 bits per heavy atom. The summed E-state index contributed by atoms with van der Waals surface area (Å²) in [5.41, 5.74) is 0. The van der Waals surface area contributed by atoms with Crippen LogP contribution in [0.3, 0.4) is 0 Å². The second kappa shape index (κ2) is 4.67. The van der Waals surface area contributed by atoms with E-state index in [2.05, 4.69) is 0 Å². The molecule has 0 bridgehead atoms. The van der Waals surface area contributed by atoms with Crippen molar-refractivity contribution in [2.24, 2.45) is 0 Å². The van der Waals surface area contributed by atoms with Gasteiger partial charge in [-0.3, -0.25) is 0 Å². The van der Waals surface area contributed by atoms with Crippen molar-refractivity contribution < 1.29 is 48.3 Å². The molecule has 0 fully saturated rings. The molecule has 0 spiro atoms. The average molecular weight is 308 g/mol. The SMILES string of the molecule is C=CC(F)(F)C(F)(F)C(F)(F)C(F)=C(F)C(F)(F)F. The second-order valence-electron chi connectivity index (χ2n) is 3.10. The maximum Gasteiger partial charge on any atom is 0.445 e. The van der Waals surface area contributed by atoms with E-state index in [1.807, 2.05) is 6.58 Å². The molecule has 0 aromatic rings. The molecule has 0 atom stereocenters. The van der Waals surface area contributed by atoms with Crippen LogP contribution in [0.2, 0.25) is 0 Å². The Bertz CT molecular complexity index is 386. The highest BCUT2D eigenvalue weighted by Crippen LogP contribution is 2.51. The molecule has 19 heavy (non-hydrogen) atoms. The van der Waals surface area contributed by atoms with Crippen molar-refractivity contribution >= 4 is 0 Å². The third-order valence-electron chi connectivity index (χ3n) is 1.79. The van der Waals surface area contributed by atoms with Crippen molar-refractivity contribution in [3.8, 4) is 0 Å². The summed E-state index contributed by atoms with van der Waals surface area (Å²) < 4.78 is 134. The molecular weight excluding hydrogens is 305 g/mol. The molecule has 0 aromatic carbocycles. The average Bonchev–Trinajstić information content (AvgIpc) is 2.24. The summed E-state index contributed by atoms with van der Waals surface area (Å²) in [4.78, 5) is 0. The highest BCUT2D eigenvalue weighted by atomic mass is 19.4. The minimum Gasteiger partial charge on any atom is -0.202 e. The summed E-state index contributed by atoms with van der Waals surface area (Å²) in [6.45, 7) is 2.05. The number of alkyl halides is 9. The van der Waals surface area contributed by atoms with E-state index in [0.29, 0.717) is 0 Å². The van der Waals surface area contributed by atoms with Crippen LogP contribution in [0.5, 0.6) is 0 Å². The fourth-order valence-corrected chi connectivity index (χ4v) is 0.738. The van der Waals surface area contributed by atoms with E-state index >= 15 is 0 Å². The molecule has 0 saturated carbocycles. The second-order valence-corrected chi connectivity index (χ2v) is 3.10. The molecule has 0 rings (SSSR count). The predicted molar refractivity (Wildman–Crippen MR) is 40.3 cm³/mol. The molecule has 0 saturated heterocycles. The van der Waals surface area contributed by atoms with Gasteiger partial charge >= 0.3 is 23.9 Å². The molecular formula is C8H3F11. The lowest BCUT2D eigenvalue weighted by Gasteiger charge is -2.30. The summed E-state index contributed by atoms with van der Waals surface area (Å²) in [7, 11) is 0. The molecule has 0 aliphatic carbocycles. The van der Waals surface area contributed by atoms with Crippen molar-refractivity contribution in [2.75, 3.05) is 0 Å². The van der Waals surface area contributed by atoms with Crippen LogP contribution >= 0.6 is 0 Å². The Morgan fingerprint density at radius 2 is 1.11 bits per heavy atom. The van der Waals surface area contributed by atoms with Gasteiger partial charge in [-0.2, -0.15) is 43.9 Å². The number of halogens is 11. The first kappa shape index (κ1) is 17.7. The van der Waals surface area contributed by atoms with Crippen molar-refractivity contribution in [1.82, 2.24) is 0 Å². The number of hydrogen-bond donors (Lipinski definition) is 0. The molecule has 0 aliphatic rings. The van der Waals surface area contributed by atoms with E-state index in [-0.39, 0.29) is 0 Å². The quantitative estimate of drug-likeness (QED) is 0.517. The molecule has 112 valence electrons. The van der Waals surface area contributed by atoms with Crippen molar-refractivity contribution in [3.05, 3.63) is 24.3 Å². The highest BCUT2D eigenvalue weighted by molar-refractivity contribution is 5.21. The fourth-order valence-electron chi connectivity index (χ4n) is 0.738. The van der Waals surface area contributed by atoms with Gasteiger partial charge in [-0.15, -0.1) is 0 Å². The maximum atomic E-state index is 12.6. The number of hydrogen-bond acceptors (Lipinski definition) is 0. The van der Waals surface area contributed by atoms with E-state index in [4.69, 9.17) is 0 Å². The minimum atomic E-state index is -6.72. The molecule has 0 aromatic heterocycles. The molecule has 0 unspecified atom stereocenters. The van der Waals surface area contributed by atoms with Gasteiger partial charge in [0.2, 0.25) is 11.7 Å². The Balaban J connectivity index is 5.96. The Hall–Kier alpha value is -1.29. The third-order valence-corrected chi connectivity index (χ3v) is 1.79. The molecule has 0 aliphatic heterocycles. The molecule has 11 heteroatoms. The number of allylic oxidation sites excluding steroid dienone is 3. The van der Waals surface area contributed by atoms with Gasteiger partial charge in [0, 0.05) is 0 Å². The van der Waals surface area contributed by atoms with Gasteiger partial charge in [0.05, 0.1) is 0 Å². The van der Waals surface area contributed by atoms with Gasteiger partial charge in [-0.1, -0.05) is 6.58 Å². The van der Waals surface area contributed by atoms with Crippen LogP contribution in [-0.2, 0) is 0 Å². The van der Waals surface area contributed by atoms with Crippen LogP contribution in [0.1, 0.15) is 0 Å². The van der Waals surface area contributed by atoms with E-state index in [1.54, 1.807) is 0 Å². The lowest BCUT2D eigenvalue weighted by atomic mass is 10.0. The van der Waals surface area contributed by atoms with Gasteiger partial charge in [-0.25, -0.2) is 4.39 Å². The first-order valence-corrected chi connectivity index (χ1v) is 4.03. The lowest BCUT2D eigenvalue weighted by molar-refractivity contribution is -0.284. The third kappa shape index (κ3) is 2.84. The van der Waals surface area contributed by atoms with Crippen LogP contribution in [0.4, 0.5) is 48.3 Å². The monoisotopic (exact) mass is 308 g/mol. The molecule has 0 radical (unpaired) electrons. The van der Waals surface area contributed by atoms with Crippen LogP contribution in [0.25, 0.3) is 0 Å². The summed E-state index contributed by atoms with van der Waals surface area (Å²) in [6, 6.07) is 0. The molecule has 0 nitrogen and oxygen atoms in total. The summed E-state index contributed by atoms with van der Waals surface area (Å²) in [5.74, 6) is -27.7. The van der Waals surface area contributed by atoms with Crippen LogP contribution < -0.4 is 0 Å². The van der Waals surface area contributed by atoms with E-state index in [1.165, 1.54) is 0 Å². The number of rotatable bonds is 4. The Kier molecular flexibility index (Phi) is 4.36. The zero-order valence-electron chi connectivity index (χ0n) is 8.44. The summed E-state index contributed by atoms with van der Waals surface area (Å²) >= 11 is 0. The molecule has 0 N–H and O–H groups in total. The van der Waals surface area contributed by atoms with E-state index in [0.717, 1.165) is 0 Å². The van der Waals surface area contributed by atoms with Gasteiger partial charge in [-0.05, 0) is 6.08 Å². The molecule has 0 amide bonds. The normalized spacial score (nSPS) is 16.2. The largest absolute Gasteiger partial charge is 0.445 e. The maximum absolute atomic E-state index is 12.6. The first-order chi connectivity index (χ1) is 8.13. The van der Waals surface area contributed by atoms with Gasteiger partial charge < -0.3 is 0 Å². The Morgan fingerprint density at radius 1 is 0.737 bits per heavy atom. The summed E-state index contributed by atoms with van der Waals surface area (Å²) in [6.07, 6.45) is -7.40. The van der Waals surface area contributed by atoms with Crippen molar-refractivity contribution in [2.45, 2.75) is 23.9 Å². The van der Waals surface area contributed by atoms with Crippen LogP contribution in [0, 0.1) is 0 Å². The predicted octanol–water partition coefficient (Wildman–Crippen LogP) is 4.79. The van der Waals surface area contributed by atoms with Gasteiger partial charge in [0.15, 0.2) is 0 Å². The lowest BCUT2D eigenvalue weighted by Crippen LogP contribution is -2.53. The topological polar surface area (TPSA) is 0 Å². The van der Waals surface area contributed by atoms with Gasteiger partial charge in [0.25, 0.3) is 0 Å². The zero-order chi connectivity index (χ0) is 15.9. The van der Waals surface area contributed by atoms with Crippen molar-refractivity contribution in [1.29, 1.82) is 0 Å². The fraction of sp³-hybridized carbons (Fsp3) is 0.500. The van der Waals surface area contributed by atoms with Gasteiger partial charge in [0.1, 0.15) is 0 Å².